The van der Waals surface area contributed by atoms with Gasteiger partial charge in [-0.1, -0.05) is 13.0 Å². The molecule has 2 aliphatic carbocycles. The normalized spacial score (nSPS) is 21.2. The van der Waals surface area contributed by atoms with Crippen LogP contribution in [0, 0.1) is 5.92 Å². The number of sulfonamides is 1. The lowest BCUT2D eigenvalue weighted by Crippen LogP contribution is -2.31. The Morgan fingerprint density at radius 1 is 1.13 bits per heavy atom. The van der Waals surface area contributed by atoms with E-state index in [9.17, 15) is 8.42 Å². The summed E-state index contributed by atoms with van der Waals surface area (Å²) >= 11 is 0. The van der Waals surface area contributed by atoms with Crippen LogP contribution in [0.25, 0.3) is 0 Å². The molecule has 8 nitrogen and oxygen atoms in total. The van der Waals surface area contributed by atoms with Crippen LogP contribution in [-0.4, -0.2) is 54.1 Å². The van der Waals surface area contributed by atoms with Gasteiger partial charge in [-0.25, -0.2) is 8.42 Å². The van der Waals surface area contributed by atoms with E-state index < -0.39 is 10.0 Å². The number of aromatic nitrogens is 3. The molecule has 1 aliphatic heterocycles. The first-order chi connectivity index (χ1) is 14.6. The van der Waals surface area contributed by atoms with Crippen LogP contribution in [0.3, 0.4) is 0 Å². The van der Waals surface area contributed by atoms with Crippen LogP contribution in [0.15, 0.2) is 11.2 Å². The molecule has 0 radical (unpaired) electrons. The van der Waals surface area contributed by atoms with Crippen LogP contribution in [0.4, 0.5) is 11.6 Å². The minimum Gasteiger partial charge on any atom is -0.324 e. The molecule has 0 bridgehead atoms. The molecule has 0 unspecified atom stereocenters. The predicted octanol–water partition coefficient (Wildman–Crippen LogP) is 2.15. The number of hydrogen-bond acceptors (Lipinski definition) is 6. The van der Waals surface area contributed by atoms with Crippen molar-refractivity contribution < 1.29 is 8.42 Å². The summed E-state index contributed by atoms with van der Waals surface area (Å²) in [5.74, 6) is 0.751. The molecule has 30 heavy (non-hydrogen) atoms. The van der Waals surface area contributed by atoms with Crippen molar-refractivity contribution in [3.63, 3.8) is 0 Å². The van der Waals surface area contributed by atoms with Gasteiger partial charge in [0, 0.05) is 18.8 Å². The maximum Gasteiger partial charge on any atom is 0.278 e. The number of aryl methyl sites for hydroxylation is 2. The first-order valence-electron chi connectivity index (χ1n) is 11.1. The maximum atomic E-state index is 13.0. The van der Waals surface area contributed by atoms with Crippen molar-refractivity contribution in [3.8, 4) is 0 Å². The summed E-state index contributed by atoms with van der Waals surface area (Å²) < 4.78 is 27.6. The molecule has 0 amide bonds. The SMILES string of the molecule is CCNC[C@H]1CCN(S(=O)(=O)c2nnc(Nc3c4c(cc5c3CCC5)CCC4)[nH]2)C1. The third kappa shape index (κ3) is 3.52. The molecular formula is C21H30N6O2S. The van der Waals surface area contributed by atoms with Crippen LogP contribution in [-0.2, 0) is 35.7 Å². The second-order valence-corrected chi connectivity index (χ2v) is 10.5. The maximum absolute atomic E-state index is 13.0. The Kier molecular flexibility index (Phi) is 5.28. The monoisotopic (exact) mass is 430 g/mol. The fourth-order valence-electron chi connectivity index (χ4n) is 5.16. The number of nitrogens with one attached hydrogen (secondary N) is 3. The quantitative estimate of drug-likeness (QED) is 0.622. The molecule has 5 rings (SSSR count). The molecule has 2 heterocycles. The Morgan fingerprint density at radius 2 is 1.87 bits per heavy atom. The third-order valence-corrected chi connectivity index (χ3v) is 8.38. The molecule has 1 aromatic heterocycles. The van der Waals surface area contributed by atoms with Crippen molar-refractivity contribution in [2.75, 3.05) is 31.5 Å². The predicted molar refractivity (Wildman–Crippen MR) is 116 cm³/mol. The molecule has 0 saturated carbocycles. The molecule has 162 valence electrons. The molecular weight excluding hydrogens is 400 g/mol. The Bertz CT molecular complexity index is 1020. The van der Waals surface area contributed by atoms with Gasteiger partial charge in [0.1, 0.15) is 0 Å². The first kappa shape index (κ1) is 20.0. The lowest BCUT2D eigenvalue weighted by Gasteiger charge is -2.16. The fraction of sp³-hybridized carbons (Fsp3) is 0.619. The van der Waals surface area contributed by atoms with Gasteiger partial charge in [0.15, 0.2) is 0 Å². The highest BCUT2D eigenvalue weighted by atomic mass is 32.2. The van der Waals surface area contributed by atoms with Crippen molar-refractivity contribution in [2.45, 2.75) is 57.0 Å². The molecule has 1 aromatic carbocycles. The van der Waals surface area contributed by atoms with Crippen molar-refractivity contribution in [1.29, 1.82) is 0 Å². The van der Waals surface area contributed by atoms with Crippen molar-refractivity contribution in [1.82, 2.24) is 24.8 Å². The van der Waals surface area contributed by atoms with Crippen LogP contribution >= 0.6 is 0 Å². The van der Waals surface area contributed by atoms with E-state index >= 15 is 0 Å². The second-order valence-electron chi connectivity index (χ2n) is 8.66. The average Bonchev–Trinajstić information content (AvgIpc) is 3.52. The highest BCUT2D eigenvalue weighted by molar-refractivity contribution is 7.89. The number of aromatic amines is 1. The topological polar surface area (TPSA) is 103 Å². The van der Waals surface area contributed by atoms with Crippen LogP contribution in [0.2, 0.25) is 0 Å². The number of hydrogen-bond donors (Lipinski definition) is 3. The summed E-state index contributed by atoms with van der Waals surface area (Å²) in [6.07, 6.45) is 7.58. The number of benzene rings is 1. The van der Waals surface area contributed by atoms with E-state index in [-0.39, 0.29) is 5.16 Å². The minimum absolute atomic E-state index is 0.0710. The highest BCUT2D eigenvalue weighted by Crippen LogP contribution is 2.39. The van der Waals surface area contributed by atoms with E-state index in [0.29, 0.717) is 25.0 Å². The van der Waals surface area contributed by atoms with Crippen LogP contribution in [0.5, 0.6) is 0 Å². The Hall–Kier alpha value is -1.97. The lowest BCUT2D eigenvalue weighted by atomic mass is 9.99. The van der Waals surface area contributed by atoms with Crippen molar-refractivity contribution >= 4 is 21.7 Å². The van der Waals surface area contributed by atoms with Gasteiger partial charge in [-0.2, -0.15) is 4.31 Å². The molecule has 9 heteroatoms. The van der Waals surface area contributed by atoms with E-state index in [0.717, 1.165) is 50.9 Å². The number of H-pyrrole nitrogens is 1. The van der Waals surface area contributed by atoms with Gasteiger partial charge in [0.25, 0.3) is 15.2 Å². The summed E-state index contributed by atoms with van der Waals surface area (Å²) in [6.45, 7) is 4.85. The van der Waals surface area contributed by atoms with E-state index in [1.165, 1.54) is 39.4 Å². The number of rotatable bonds is 7. The summed E-state index contributed by atoms with van der Waals surface area (Å²) in [5.41, 5.74) is 6.71. The van der Waals surface area contributed by atoms with Gasteiger partial charge in [-0.05, 0) is 86.2 Å². The Morgan fingerprint density at radius 3 is 2.57 bits per heavy atom. The average molecular weight is 431 g/mol. The Labute approximate surface area is 177 Å². The second kappa shape index (κ2) is 7.94. The van der Waals surface area contributed by atoms with Gasteiger partial charge < -0.3 is 10.6 Å². The zero-order valence-electron chi connectivity index (χ0n) is 17.5. The van der Waals surface area contributed by atoms with Gasteiger partial charge in [0.05, 0.1) is 0 Å². The zero-order chi connectivity index (χ0) is 20.7. The molecule has 1 fully saturated rings. The van der Waals surface area contributed by atoms with Crippen molar-refractivity contribution in [3.05, 3.63) is 28.3 Å². The number of nitrogens with zero attached hydrogens (tertiary/aromatic N) is 3. The first-order valence-corrected chi connectivity index (χ1v) is 12.6. The van der Waals surface area contributed by atoms with Gasteiger partial charge in [-0.3, -0.25) is 4.98 Å². The smallest absolute Gasteiger partial charge is 0.278 e. The van der Waals surface area contributed by atoms with E-state index in [2.05, 4.69) is 38.8 Å². The molecule has 3 N–H and O–H groups in total. The van der Waals surface area contributed by atoms with E-state index in [1.807, 2.05) is 0 Å². The third-order valence-electron chi connectivity index (χ3n) is 6.70. The lowest BCUT2D eigenvalue weighted by molar-refractivity contribution is 0.443. The standard InChI is InChI=1S/C21H30N6O2S/c1-2-22-12-14-9-10-27(13-14)30(28,29)21-24-20(25-26-21)23-19-17-7-3-5-15(17)11-16-6-4-8-18(16)19/h11,14,22H,2-10,12-13H2,1H3,(H2,23,24,25,26)/t14-/m1/s1. The Balaban J connectivity index is 1.36. The summed E-state index contributed by atoms with van der Waals surface area (Å²) in [4.78, 5) is 2.94. The summed E-state index contributed by atoms with van der Waals surface area (Å²) in [6, 6.07) is 2.38. The van der Waals surface area contributed by atoms with Crippen molar-refractivity contribution in [2.24, 2.45) is 5.92 Å². The van der Waals surface area contributed by atoms with E-state index in [1.54, 1.807) is 0 Å². The highest BCUT2D eigenvalue weighted by Gasteiger charge is 2.35. The molecule has 2 aromatic rings. The van der Waals surface area contributed by atoms with Gasteiger partial charge >= 0.3 is 0 Å². The molecule has 1 saturated heterocycles. The summed E-state index contributed by atoms with van der Waals surface area (Å²) in [7, 11) is -3.65. The fourth-order valence-corrected chi connectivity index (χ4v) is 6.52. The number of fused-ring (bicyclic) bond motifs is 2. The molecule has 1 atom stereocenters. The summed E-state index contributed by atoms with van der Waals surface area (Å²) in [5, 5.41) is 14.8. The van der Waals surface area contributed by atoms with Crippen LogP contribution in [0.1, 0.15) is 48.4 Å². The van der Waals surface area contributed by atoms with Gasteiger partial charge in [0.2, 0.25) is 5.95 Å². The number of anilines is 2. The zero-order valence-corrected chi connectivity index (χ0v) is 18.3. The van der Waals surface area contributed by atoms with Gasteiger partial charge in [-0.15, -0.1) is 10.2 Å². The molecule has 0 spiro atoms. The minimum atomic E-state index is -3.65. The molecule has 3 aliphatic rings. The van der Waals surface area contributed by atoms with Crippen LogP contribution < -0.4 is 10.6 Å². The van der Waals surface area contributed by atoms with E-state index in [4.69, 9.17) is 0 Å². The largest absolute Gasteiger partial charge is 0.324 e.